The molecule has 2 aliphatic carbocycles. The first kappa shape index (κ1) is 16.9. The van der Waals surface area contributed by atoms with E-state index >= 15 is 0 Å². The lowest BCUT2D eigenvalue weighted by Gasteiger charge is -2.28. The summed E-state index contributed by atoms with van der Waals surface area (Å²) in [5.41, 5.74) is 2.90. The lowest BCUT2D eigenvalue weighted by Crippen LogP contribution is -2.36. The van der Waals surface area contributed by atoms with E-state index in [1.807, 2.05) is 0 Å². The van der Waals surface area contributed by atoms with Crippen molar-refractivity contribution in [1.82, 2.24) is 5.32 Å². The summed E-state index contributed by atoms with van der Waals surface area (Å²) >= 11 is 0. The Morgan fingerprint density at radius 3 is 2.56 bits per heavy atom. The van der Waals surface area contributed by atoms with Crippen LogP contribution in [0.15, 0.2) is 24.3 Å². The zero-order valence-corrected chi connectivity index (χ0v) is 15.1. The molecule has 4 rings (SSSR count). The number of benzene rings is 1. The quantitative estimate of drug-likeness (QED) is 0.913. The predicted octanol–water partition coefficient (Wildman–Crippen LogP) is 3.29. The molecule has 2 saturated carbocycles. The number of hydrogen-bond donors (Lipinski definition) is 1. The molecule has 1 saturated heterocycles. The fourth-order valence-electron chi connectivity index (χ4n) is 5.02. The third kappa shape index (κ3) is 4.00. The van der Waals surface area contributed by atoms with Gasteiger partial charge in [0, 0.05) is 24.8 Å². The van der Waals surface area contributed by atoms with E-state index in [0.717, 1.165) is 31.9 Å². The Hall–Kier alpha value is -1.55. The van der Waals surface area contributed by atoms with Crippen LogP contribution in [0.1, 0.15) is 50.5 Å². The van der Waals surface area contributed by atoms with E-state index in [2.05, 4.69) is 34.5 Å². The van der Waals surface area contributed by atoms with Crippen LogP contribution in [0, 0.1) is 5.41 Å². The summed E-state index contributed by atoms with van der Waals surface area (Å²) in [7, 11) is 0. The van der Waals surface area contributed by atoms with Crippen molar-refractivity contribution in [3.05, 3.63) is 29.8 Å². The van der Waals surface area contributed by atoms with Gasteiger partial charge in [-0.05, 0) is 55.2 Å². The number of amides is 1. The van der Waals surface area contributed by atoms with Gasteiger partial charge in [0.15, 0.2) is 0 Å². The number of carbonyl (C=O) groups excluding carboxylic acids is 1. The Kier molecular flexibility index (Phi) is 4.98. The van der Waals surface area contributed by atoms with Crippen LogP contribution in [0.25, 0.3) is 0 Å². The second-order valence-electron chi connectivity index (χ2n) is 8.16. The number of carbonyl (C=O) groups is 1. The zero-order valence-electron chi connectivity index (χ0n) is 15.1. The standard InChI is InChI=1S/C21H30N2O2/c24-20(22-18-7-10-21(16-18)8-1-2-9-21)15-17-3-5-19(6-4-17)23-11-13-25-14-12-23/h3-6,18H,1-2,7-16H2,(H,22,24). The van der Waals surface area contributed by atoms with Gasteiger partial charge in [-0.25, -0.2) is 0 Å². The fraction of sp³-hybridized carbons (Fsp3) is 0.667. The van der Waals surface area contributed by atoms with Crippen LogP contribution in [0.4, 0.5) is 5.69 Å². The van der Waals surface area contributed by atoms with Gasteiger partial charge < -0.3 is 15.0 Å². The average molecular weight is 342 g/mol. The highest BCUT2D eigenvalue weighted by Crippen LogP contribution is 2.50. The molecule has 1 unspecified atom stereocenters. The molecule has 25 heavy (non-hydrogen) atoms. The van der Waals surface area contributed by atoms with Crippen LogP contribution < -0.4 is 10.2 Å². The molecule has 1 spiro atoms. The molecule has 1 heterocycles. The Labute approximate surface area is 150 Å². The summed E-state index contributed by atoms with van der Waals surface area (Å²) in [6.07, 6.45) is 9.70. The van der Waals surface area contributed by atoms with E-state index < -0.39 is 0 Å². The maximum absolute atomic E-state index is 12.4. The van der Waals surface area contributed by atoms with Crippen LogP contribution in [-0.2, 0) is 16.0 Å². The van der Waals surface area contributed by atoms with Gasteiger partial charge in [0.1, 0.15) is 0 Å². The van der Waals surface area contributed by atoms with Crippen LogP contribution in [-0.4, -0.2) is 38.3 Å². The molecule has 1 amide bonds. The van der Waals surface area contributed by atoms with E-state index in [-0.39, 0.29) is 5.91 Å². The molecule has 4 heteroatoms. The van der Waals surface area contributed by atoms with Gasteiger partial charge >= 0.3 is 0 Å². The van der Waals surface area contributed by atoms with Gasteiger partial charge in [-0.15, -0.1) is 0 Å². The number of morpholine rings is 1. The molecule has 136 valence electrons. The summed E-state index contributed by atoms with van der Waals surface area (Å²) < 4.78 is 5.40. The molecule has 0 aromatic heterocycles. The minimum atomic E-state index is 0.180. The third-order valence-corrected chi connectivity index (χ3v) is 6.41. The van der Waals surface area contributed by atoms with Crippen LogP contribution in [0.3, 0.4) is 0 Å². The molecule has 0 radical (unpaired) electrons. The molecular weight excluding hydrogens is 312 g/mol. The van der Waals surface area contributed by atoms with Crippen molar-refractivity contribution in [1.29, 1.82) is 0 Å². The van der Waals surface area contributed by atoms with Crippen LogP contribution in [0.5, 0.6) is 0 Å². The normalized spacial score (nSPS) is 25.4. The average Bonchev–Trinajstić information content (AvgIpc) is 3.26. The molecule has 0 bridgehead atoms. The summed E-state index contributed by atoms with van der Waals surface area (Å²) in [4.78, 5) is 14.8. The summed E-state index contributed by atoms with van der Waals surface area (Å²) in [6.45, 7) is 3.49. The molecule has 4 nitrogen and oxygen atoms in total. The summed E-state index contributed by atoms with van der Waals surface area (Å²) in [5.74, 6) is 0.180. The molecule has 1 aromatic carbocycles. The van der Waals surface area contributed by atoms with Gasteiger partial charge in [0.2, 0.25) is 5.91 Å². The highest BCUT2D eigenvalue weighted by atomic mass is 16.5. The molecule has 1 aromatic rings. The van der Waals surface area contributed by atoms with E-state index in [1.165, 1.54) is 50.6 Å². The molecule has 1 atom stereocenters. The first-order valence-electron chi connectivity index (χ1n) is 9.94. The van der Waals surface area contributed by atoms with E-state index in [1.54, 1.807) is 0 Å². The number of anilines is 1. The number of nitrogens with one attached hydrogen (secondary N) is 1. The molecule has 3 aliphatic rings. The zero-order chi connectivity index (χ0) is 17.1. The van der Waals surface area contributed by atoms with Crippen molar-refractivity contribution >= 4 is 11.6 Å². The predicted molar refractivity (Wildman–Crippen MR) is 99.9 cm³/mol. The first-order chi connectivity index (χ1) is 12.2. The van der Waals surface area contributed by atoms with Crippen molar-refractivity contribution < 1.29 is 9.53 Å². The van der Waals surface area contributed by atoms with Crippen molar-refractivity contribution in [3.8, 4) is 0 Å². The Morgan fingerprint density at radius 1 is 1.12 bits per heavy atom. The van der Waals surface area contributed by atoms with Gasteiger partial charge in [-0.2, -0.15) is 0 Å². The summed E-state index contributed by atoms with van der Waals surface area (Å²) in [5, 5.41) is 3.29. The molecule has 1 N–H and O–H groups in total. The SMILES string of the molecule is O=C(Cc1ccc(N2CCOCC2)cc1)NC1CCC2(CCCC2)C1. The maximum atomic E-state index is 12.4. The van der Waals surface area contributed by atoms with Crippen molar-refractivity contribution in [2.24, 2.45) is 5.41 Å². The summed E-state index contributed by atoms with van der Waals surface area (Å²) in [6, 6.07) is 8.86. The number of nitrogens with zero attached hydrogens (tertiary/aromatic N) is 1. The van der Waals surface area contributed by atoms with Gasteiger partial charge in [-0.3, -0.25) is 4.79 Å². The number of ether oxygens (including phenoxy) is 1. The Morgan fingerprint density at radius 2 is 1.84 bits per heavy atom. The third-order valence-electron chi connectivity index (χ3n) is 6.41. The smallest absolute Gasteiger partial charge is 0.224 e. The van der Waals surface area contributed by atoms with Gasteiger partial charge in [0.25, 0.3) is 0 Å². The van der Waals surface area contributed by atoms with Crippen LogP contribution >= 0.6 is 0 Å². The maximum Gasteiger partial charge on any atom is 0.224 e. The van der Waals surface area contributed by atoms with Crippen molar-refractivity contribution in [2.45, 2.75) is 57.4 Å². The lowest BCUT2D eigenvalue weighted by atomic mass is 9.84. The van der Waals surface area contributed by atoms with Gasteiger partial charge in [0.05, 0.1) is 19.6 Å². The van der Waals surface area contributed by atoms with Gasteiger partial charge in [-0.1, -0.05) is 25.0 Å². The minimum Gasteiger partial charge on any atom is -0.378 e. The lowest BCUT2D eigenvalue weighted by molar-refractivity contribution is -0.121. The van der Waals surface area contributed by atoms with E-state index in [4.69, 9.17) is 4.74 Å². The monoisotopic (exact) mass is 342 g/mol. The first-order valence-corrected chi connectivity index (χ1v) is 9.94. The van der Waals surface area contributed by atoms with E-state index in [0.29, 0.717) is 17.9 Å². The second-order valence-corrected chi connectivity index (χ2v) is 8.16. The van der Waals surface area contributed by atoms with Crippen molar-refractivity contribution in [3.63, 3.8) is 0 Å². The van der Waals surface area contributed by atoms with Crippen LogP contribution in [0.2, 0.25) is 0 Å². The molecular formula is C21H30N2O2. The molecule has 1 aliphatic heterocycles. The Bertz CT molecular complexity index is 586. The number of rotatable bonds is 4. The highest BCUT2D eigenvalue weighted by molar-refractivity contribution is 5.79. The largest absolute Gasteiger partial charge is 0.378 e. The highest BCUT2D eigenvalue weighted by Gasteiger charge is 2.41. The number of hydrogen-bond acceptors (Lipinski definition) is 3. The topological polar surface area (TPSA) is 41.6 Å². The van der Waals surface area contributed by atoms with E-state index in [9.17, 15) is 4.79 Å². The Balaban J connectivity index is 1.27. The minimum absolute atomic E-state index is 0.180. The second kappa shape index (κ2) is 7.36. The van der Waals surface area contributed by atoms with Crippen molar-refractivity contribution in [2.75, 3.05) is 31.2 Å². The molecule has 3 fully saturated rings. The fourth-order valence-corrected chi connectivity index (χ4v) is 5.02.